The van der Waals surface area contributed by atoms with Gasteiger partial charge < -0.3 is 23.7 Å². The van der Waals surface area contributed by atoms with Crippen molar-refractivity contribution in [2.24, 2.45) is 5.92 Å². The third kappa shape index (κ3) is 8.63. The molecule has 240 valence electrons. The zero-order chi connectivity index (χ0) is 30.7. The maximum atomic E-state index is 13.0. The first-order valence-corrected chi connectivity index (χ1v) is 17.0. The molecule has 3 fully saturated rings. The maximum absolute atomic E-state index is 13.0. The minimum Gasteiger partial charge on any atom is -0.494 e. The summed E-state index contributed by atoms with van der Waals surface area (Å²) in [5.74, 6) is 1.36. The van der Waals surface area contributed by atoms with Crippen molar-refractivity contribution < 1.29 is 33.3 Å². The van der Waals surface area contributed by atoms with Gasteiger partial charge in [-0.15, -0.1) is 0 Å². The van der Waals surface area contributed by atoms with E-state index in [-0.39, 0.29) is 19.2 Å². The van der Waals surface area contributed by atoms with E-state index < -0.39 is 30.4 Å². The molecule has 7 heteroatoms. The van der Waals surface area contributed by atoms with Gasteiger partial charge in [0, 0.05) is 0 Å². The monoisotopic (exact) mass is 606 g/mol. The highest BCUT2D eigenvalue weighted by atomic mass is 16.7. The predicted molar refractivity (Wildman–Crippen MR) is 169 cm³/mol. The Labute approximate surface area is 262 Å². The van der Waals surface area contributed by atoms with E-state index in [1.807, 2.05) is 12.1 Å². The molecule has 7 nitrogen and oxygen atoms in total. The van der Waals surface area contributed by atoms with E-state index in [1.54, 1.807) is 24.3 Å². The van der Waals surface area contributed by atoms with Crippen molar-refractivity contribution >= 4 is 11.9 Å². The van der Waals surface area contributed by atoms with Crippen LogP contribution in [0.3, 0.4) is 0 Å². The maximum Gasteiger partial charge on any atom is 0.338 e. The molecule has 4 atom stereocenters. The topological polar surface area (TPSA) is 80.3 Å². The Hall–Kier alpha value is -2.90. The molecule has 3 aliphatic rings. The summed E-state index contributed by atoms with van der Waals surface area (Å²) in [6, 6.07) is 14.9. The Morgan fingerprint density at radius 1 is 0.682 bits per heavy atom. The summed E-state index contributed by atoms with van der Waals surface area (Å²) in [5, 5.41) is 0. The quantitative estimate of drug-likeness (QED) is 0.150. The van der Waals surface area contributed by atoms with Crippen molar-refractivity contribution in [3.63, 3.8) is 0 Å². The van der Waals surface area contributed by atoms with Gasteiger partial charge >= 0.3 is 11.9 Å². The van der Waals surface area contributed by atoms with Gasteiger partial charge in [0.15, 0.2) is 12.2 Å². The van der Waals surface area contributed by atoms with Gasteiger partial charge in [0.1, 0.15) is 18.0 Å². The highest BCUT2D eigenvalue weighted by molar-refractivity contribution is 5.90. The molecule has 1 saturated carbocycles. The summed E-state index contributed by atoms with van der Waals surface area (Å²) in [6.45, 7) is 5.52. The minimum absolute atomic E-state index is 0.198. The number of carbonyl (C=O) groups excluding carboxylic acids is 2. The lowest BCUT2D eigenvalue weighted by atomic mass is 9.77. The first kappa shape index (κ1) is 32.5. The molecule has 2 aliphatic heterocycles. The molecule has 0 spiro atoms. The summed E-state index contributed by atoms with van der Waals surface area (Å²) in [5.41, 5.74) is 2.28. The van der Waals surface area contributed by atoms with E-state index in [9.17, 15) is 9.59 Å². The average molecular weight is 607 g/mol. The van der Waals surface area contributed by atoms with Crippen LogP contribution in [0, 0.1) is 5.92 Å². The number of hydrogen-bond donors (Lipinski definition) is 0. The molecule has 44 heavy (non-hydrogen) atoms. The fourth-order valence-electron chi connectivity index (χ4n) is 6.81. The van der Waals surface area contributed by atoms with Crippen molar-refractivity contribution in [3.05, 3.63) is 65.2 Å². The van der Waals surface area contributed by atoms with Gasteiger partial charge in [-0.25, -0.2) is 9.59 Å². The second-order valence-corrected chi connectivity index (χ2v) is 12.8. The average Bonchev–Trinajstić information content (AvgIpc) is 3.64. The lowest BCUT2D eigenvalue weighted by molar-refractivity contribution is -0.0287. The lowest BCUT2D eigenvalue weighted by Crippen LogP contribution is -2.36. The van der Waals surface area contributed by atoms with Crippen LogP contribution in [0.2, 0.25) is 0 Å². The Balaban J connectivity index is 1.05. The van der Waals surface area contributed by atoms with E-state index >= 15 is 0 Å². The highest BCUT2D eigenvalue weighted by Gasteiger charge is 2.51. The fourth-order valence-corrected chi connectivity index (χ4v) is 6.81. The first-order chi connectivity index (χ1) is 21.6. The van der Waals surface area contributed by atoms with Crippen LogP contribution in [0.15, 0.2) is 48.5 Å². The number of unbranched alkanes of at least 4 members (excludes halogenated alkanes) is 5. The summed E-state index contributed by atoms with van der Waals surface area (Å²) >= 11 is 0. The smallest absolute Gasteiger partial charge is 0.338 e. The largest absolute Gasteiger partial charge is 0.494 e. The molecular formula is C37H50O7. The number of rotatable bonds is 15. The van der Waals surface area contributed by atoms with Gasteiger partial charge in [0.2, 0.25) is 0 Å². The molecule has 2 aromatic carbocycles. The molecular weight excluding hydrogens is 556 g/mol. The Morgan fingerprint density at radius 3 is 1.80 bits per heavy atom. The molecule has 0 amide bonds. The zero-order valence-electron chi connectivity index (χ0n) is 26.5. The van der Waals surface area contributed by atoms with Crippen LogP contribution in [-0.2, 0) is 18.9 Å². The molecule has 5 rings (SSSR count). The van der Waals surface area contributed by atoms with E-state index in [4.69, 9.17) is 23.7 Å². The van der Waals surface area contributed by atoms with Gasteiger partial charge in [0.25, 0.3) is 0 Å². The van der Waals surface area contributed by atoms with E-state index in [1.165, 1.54) is 69.8 Å². The molecule has 1 aliphatic carbocycles. The summed E-state index contributed by atoms with van der Waals surface area (Å²) in [6.07, 6.45) is 12.9. The number of hydrogen-bond acceptors (Lipinski definition) is 7. The van der Waals surface area contributed by atoms with E-state index in [2.05, 4.69) is 26.0 Å². The summed E-state index contributed by atoms with van der Waals surface area (Å²) < 4.78 is 29.1. The lowest BCUT2D eigenvalue weighted by Gasteiger charge is -2.29. The molecule has 0 N–H and O–H groups in total. The Kier molecular flexibility index (Phi) is 12.1. The van der Waals surface area contributed by atoms with Gasteiger partial charge in [0.05, 0.1) is 30.9 Å². The molecule has 0 bridgehead atoms. The number of carbonyl (C=O) groups is 2. The Morgan fingerprint density at radius 2 is 1.23 bits per heavy atom. The zero-order valence-corrected chi connectivity index (χ0v) is 26.5. The predicted octanol–water partition coefficient (Wildman–Crippen LogP) is 8.05. The van der Waals surface area contributed by atoms with Crippen LogP contribution in [0.1, 0.15) is 123 Å². The van der Waals surface area contributed by atoms with Crippen molar-refractivity contribution in [2.75, 3.05) is 19.8 Å². The van der Waals surface area contributed by atoms with Crippen LogP contribution >= 0.6 is 0 Å². The van der Waals surface area contributed by atoms with E-state index in [0.717, 1.165) is 24.5 Å². The minimum atomic E-state index is -0.563. The number of fused-ring (bicyclic) bond motifs is 1. The standard InChI is InChI=1S/C37H50O7/c1-3-5-7-9-23-40-31-21-19-30(20-22-31)37(39)44-33-25-42-34-32(24-41-35(33)34)43-36(38)29-17-15-28(16-18-29)27-13-11-26(12-14-27)10-8-6-4-2/h15-22,26-27,32-35H,3-14,23-25H2,1-2H3/t26?,27?,32-,33+,34+,35+/m1/s1. The molecule has 0 radical (unpaired) electrons. The van der Waals surface area contributed by atoms with Gasteiger partial charge in [-0.05, 0) is 85.9 Å². The molecule has 0 unspecified atom stereocenters. The normalized spacial score (nSPS) is 26.2. The first-order valence-electron chi connectivity index (χ1n) is 17.0. The third-order valence-electron chi connectivity index (χ3n) is 9.52. The fraction of sp³-hybridized carbons (Fsp3) is 0.622. The van der Waals surface area contributed by atoms with Crippen LogP contribution < -0.4 is 4.74 Å². The number of ether oxygens (including phenoxy) is 5. The van der Waals surface area contributed by atoms with Crippen molar-refractivity contribution in [2.45, 2.75) is 121 Å². The van der Waals surface area contributed by atoms with Crippen LogP contribution in [0.4, 0.5) is 0 Å². The van der Waals surface area contributed by atoms with Gasteiger partial charge in [-0.1, -0.05) is 70.9 Å². The van der Waals surface area contributed by atoms with Gasteiger partial charge in [-0.2, -0.15) is 0 Å². The van der Waals surface area contributed by atoms with E-state index in [0.29, 0.717) is 23.7 Å². The van der Waals surface area contributed by atoms with Crippen LogP contribution in [-0.4, -0.2) is 56.2 Å². The van der Waals surface area contributed by atoms with Crippen molar-refractivity contribution in [3.8, 4) is 5.75 Å². The number of esters is 2. The number of benzene rings is 2. The summed E-state index contributed by atoms with van der Waals surface area (Å²) in [4.78, 5) is 25.8. The molecule has 0 aromatic heterocycles. The molecule has 2 aromatic rings. The van der Waals surface area contributed by atoms with Gasteiger partial charge in [-0.3, -0.25) is 0 Å². The highest BCUT2D eigenvalue weighted by Crippen LogP contribution is 2.38. The van der Waals surface area contributed by atoms with Crippen molar-refractivity contribution in [1.82, 2.24) is 0 Å². The molecule has 2 heterocycles. The second kappa shape index (κ2) is 16.4. The van der Waals surface area contributed by atoms with Crippen molar-refractivity contribution in [1.29, 1.82) is 0 Å². The second-order valence-electron chi connectivity index (χ2n) is 12.8. The Bertz CT molecular complexity index is 1170. The SMILES string of the molecule is CCCCCCOc1ccc(C(=O)O[C@H]2CO[C@@H]3[C@H]2OC[C@H]3OC(=O)c2ccc(C3CCC(CCCCC)CC3)cc2)cc1. The summed E-state index contributed by atoms with van der Waals surface area (Å²) in [7, 11) is 0. The third-order valence-corrected chi connectivity index (χ3v) is 9.52. The van der Waals surface area contributed by atoms with Crippen LogP contribution in [0.5, 0.6) is 5.75 Å². The van der Waals surface area contributed by atoms with Crippen LogP contribution in [0.25, 0.3) is 0 Å². The molecule has 2 saturated heterocycles.